The Labute approximate surface area is 83.0 Å². The maximum atomic E-state index is 10.9. The lowest BCUT2D eigenvalue weighted by Gasteiger charge is -2.06. The maximum Gasteiger partial charge on any atom is 0.307 e. The van der Waals surface area contributed by atoms with Crippen molar-refractivity contribution < 1.29 is 13.9 Å². The van der Waals surface area contributed by atoms with Crippen LogP contribution in [0.15, 0.2) is 16.5 Å². The summed E-state index contributed by atoms with van der Waals surface area (Å²) in [5, 5.41) is 0. The summed E-state index contributed by atoms with van der Waals surface area (Å²) < 4.78 is 9.92. The number of ether oxygens (including phenoxy) is 1. The topological polar surface area (TPSA) is 65.5 Å². The first-order valence-corrected chi connectivity index (χ1v) is 4.58. The van der Waals surface area contributed by atoms with Gasteiger partial charge in [-0.05, 0) is 12.1 Å². The van der Waals surface area contributed by atoms with Crippen molar-refractivity contribution >= 4 is 5.97 Å². The Morgan fingerprint density at radius 2 is 2.36 bits per heavy atom. The Balaban J connectivity index is 2.60. The molecule has 4 heteroatoms. The quantitative estimate of drug-likeness (QED) is 0.741. The van der Waals surface area contributed by atoms with E-state index in [4.69, 9.17) is 10.2 Å². The third-order valence-corrected chi connectivity index (χ3v) is 2.01. The zero-order valence-corrected chi connectivity index (χ0v) is 8.45. The van der Waals surface area contributed by atoms with Crippen molar-refractivity contribution in [2.75, 3.05) is 7.11 Å². The lowest BCUT2D eigenvalue weighted by molar-refractivity contribution is -0.141. The van der Waals surface area contributed by atoms with Gasteiger partial charge in [-0.1, -0.05) is 6.92 Å². The summed E-state index contributed by atoms with van der Waals surface area (Å²) in [4.78, 5) is 10.9. The van der Waals surface area contributed by atoms with Crippen LogP contribution in [-0.2, 0) is 16.0 Å². The number of hydrogen-bond donors (Lipinski definition) is 1. The summed E-state index contributed by atoms with van der Waals surface area (Å²) in [5.41, 5.74) is 5.74. The highest BCUT2D eigenvalue weighted by molar-refractivity contribution is 5.70. The van der Waals surface area contributed by atoms with Gasteiger partial charge in [-0.25, -0.2) is 0 Å². The number of esters is 1. The average Bonchev–Trinajstić information content (AvgIpc) is 2.65. The second-order valence-corrected chi connectivity index (χ2v) is 3.04. The van der Waals surface area contributed by atoms with E-state index in [-0.39, 0.29) is 12.4 Å². The van der Waals surface area contributed by atoms with Gasteiger partial charge in [-0.2, -0.15) is 0 Å². The summed E-state index contributed by atoms with van der Waals surface area (Å²) in [6.07, 6.45) is 0.970. The summed E-state index contributed by atoms with van der Waals surface area (Å²) in [7, 11) is 1.34. The number of carbonyl (C=O) groups excluding carboxylic acids is 1. The first-order valence-electron chi connectivity index (χ1n) is 4.58. The highest BCUT2D eigenvalue weighted by atomic mass is 16.5. The van der Waals surface area contributed by atoms with E-state index in [1.807, 2.05) is 13.0 Å². The highest BCUT2D eigenvalue weighted by Crippen LogP contribution is 2.17. The van der Waals surface area contributed by atoms with E-state index in [1.54, 1.807) is 6.07 Å². The zero-order chi connectivity index (χ0) is 10.6. The summed E-state index contributed by atoms with van der Waals surface area (Å²) in [6, 6.07) is 3.25. The minimum atomic E-state index is -0.414. The van der Waals surface area contributed by atoms with Gasteiger partial charge in [-0.15, -0.1) is 0 Å². The van der Waals surface area contributed by atoms with E-state index in [0.29, 0.717) is 5.76 Å². The second kappa shape index (κ2) is 4.81. The summed E-state index contributed by atoms with van der Waals surface area (Å²) >= 11 is 0. The number of aryl methyl sites for hydroxylation is 1. The molecule has 1 atom stereocenters. The molecule has 1 heterocycles. The van der Waals surface area contributed by atoms with Crippen LogP contribution in [0.25, 0.3) is 0 Å². The fraction of sp³-hybridized carbons (Fsp3) is 0.500. The molecule has 78 valence electrons. The molecule has 0 aromatic carbocycles. The van der Waals surface area contributed by atoms with Gasteiger partial charge in [0.15, 0.2) is 0 Å². The fourth-order valence-corrected chi connectivity index (χ4v) is 1.15. The van der Waals surface area contributed by atoms with E-state index in [1.165, 1.54) is 7.11 Å². The van der Waals surface area contributed by atoms with Crippen LogP contribution in [0.5, 0.6) is 0 Å². The molecule has 0 unspecified atom stereocenters. The molecule has 0 radical (unpaired) electrons. The van der Waals surface area contributed by atoms with Gasteiger partial charge < -0.3 is 14.9 Å². The van der Waals surface area contributed by atoms with Gasteiger partial charge in [0, 0.05) is 6.42 Å². The Hall–Kier alpha value is -1.29. The van der Waals surface area contributed by atoms with E-state index in [9.17, 15) is 4.79 Å². The Kier molecular flexibility index (Phi) is 3.71. The lowest BCUT2D eigenvalue weighted by atomic mass is 10.2. The molecule has 0 spiro atoms. The molecule has 0 bridgehead atoms. The van der Waals surface area contributed by atoms with Gasteiger partial charge in [0.2, 0.25) is 0 Å². The molecule has 14 heavy (non-hydrogen) atoms. The van der Waals surface area contributed by atoms with Crippen LogP contribution in [0, 0.1) is 0 Å². The number of nitrogens with two attached hydrogens (primary N) is 1. The molecule has 1 aromatic rings. The molecule has 2 N–H and O–H groups in total. The Morgan fingerprint density at radius 1 is 1.64 bits per heavy atom. The smallest absolute Gasteiger partial charge is 0.307 e. The van der Waals surface area contributed by atoms with Crippen molar-refractivity contribution in [1.82, 2.24) is 0 Å². The summed E-state index contributed by atoms with van der Waals surface area (Å²) in [6.45, 7) is 1.99. The van der Waals surface area contributed by atoms with Gasteiger partial charge >= 0.3 is 5.97 Å². The molecule has 0 saturated heterocycles. The van der Waals surface area contributed by atoms with Gasteiger partial charge in [-0.3, -0.25) is 4.79 Å². The minimum Gasteiger partial charge on any atom is -0.469 e. The highest BCUT2D eigenvalue weighted by Gasteiger charge is 2.15. The molecule has 0 saturated carbocycles. The first-order chi connectivity index (χ1) is 6.67. The number of rotatable bonds is 4. The van der Waals surface area contributed by atoms with Crippen LogP contribution in [-0.4, -0.2) is 13.1 Å². The molecule has 0 aliphatic rings. The van der Waals surface area contributed by atoms with Crippen LogP contribution in [0.1, 0.15) is 30.9 Å². The second-order valence-electron chi connectivity index (χ2n) is 3.04. The van der Waals surface area contributed by atoms with E-state index in [0.717, 1.165) is 12.2 Å². The molecule has 0 amide bonds. The van der Waals surface area contributed by atoms with Crippen molar-refractivity contribution in [3.8, 4) is 0 Å². The molecule has 0 aliphatic heterocycles. The molecule has 1 aromatic heterocycles. The predicted molar refractivity (Wildman–Crippen MR) is 51.6 cm³/mol. The van der Waals surface area contributed by atoms with Crippen molar-refractivity contribution in [3.63, 3.8) is 0 Å². The zero-order valence-electron chi connectivity index (χ0n) is 8.45. The average molecular weight is 197 g/mol. The van der Waals surface area contributed by atoms with Gasteiger partial charge in [0.1, 0.15) is 11.5 Å². The monoisotopic (exact) mass is 197 g/mol. The number of methoxy groups -OCH3 is 1. The van der Waals surface area contributed by atoms with Crippen LogP contribution in [0.4, 0.5) is 0 Å². The van der Waals surface area contributed by atoms with Crippen molar-refractivity contribution in [2.45, 2.75) is 25.8 Å². The largest absolute Gasteiger partial charge is 0.469 e. The third-order valence-electron chi connectivity index (χ3n) is 2.01. The van der Waals surface area contributed by atoms with E-state index >= 15 is 0 Å². The van der Waals surface area contributed by atoms with Gasteiger partial charge in [0.05, 0.1) is 19.6 Å². The number of carbonyl (C=O) groups is 1. The fourth-order valence-electron chi connectivity index (χ4n) is 1.15. The first kappa shape index (κ1) is 10.8. The van der Waals surface area contributed by atoms with Crippen molar-refractivity contribution in [3.05, 3.63) is 23.7 Å². The van der Waals surface area contributed by atoms with Crippen molar-refractivity contribution in [2.24, 2.45) is 5.73 Å². The molecule has 1 rings (SSSR count). The Bertz CT molecular complexity index is 306. The van der Waals surface area contributed by atoms with E-state index in [2.05, 4.69) is 4.74 Å². The lowest BCUT2D eigenvalue weighted by Crippen LogP contribution is -2.15. The molecule has 0 fully saturated rings. The molecular weight excluding hydrogens is 182 g/mol. The van der Waals surface area contributed by atoms with Crippen molar-refractivity contribution in [1.29, 1.82) is 0 Å². The minimum absolute atomic E-state index is 0.146. The van der Waals surface area contributed by atoms with E-state index < -0.39 is 6.04 Å². The summed E-state index contributed by atoms with van der Waals surface area (Å²) in [5.74, 6) is 1.18. The maximum absolute atomic E-state index is 10.9. The molecule has 4 nitrogen and oxygen atoms in total. The predicted octanol–water partition coefficient (Wildman–Crippen LogP) is 1.40. The van der Waals surface area contributed by atoms with Crippen LogP contribution in [0.2, 0.25) is 0 Å². The van der Waals surface area contributed by atoms with Crippen LogP contribution >= 0.6 is 0 Å². The standard InChI is InChI=1S/C10H15NO3/c1-3-7-4-5-9(14-7)8(11)6-10(12)13-2/h4-5,8H,3,6,11H2,1-2H3/t8-/m1/s1. The normalized spacial score (nSPS) is 12.5. The third kappa shape index (κ3) is 2.60. The molecular formula is C10H15NO3. The Morgan fingerprint density at radius 3 is 2.86 bits per heavy atom. The van der Waals surface area contributed by atoms with Crippen LogP contribution in [0.3, 0.4) is 0 Å². The SMILES string of the molecule is CCc1ccc([C@H](N)CC(=O)OC)o1. The molecule has 0 aliphatic carbocycles. The van der Waals surface area contributed by atoms with Crippen LogP contribution < -0.4 is 5.73 Å². The number of hydrogen-bond acceptors (Lipinski definition) is 4. The number of furan rings is 1. The van der Waals surface area contributed by atoms with Gasteiger partial charge in [0.25, 0.3) is 0 Å².